The third-order valence-corrected chi connectivity index (χ3v) is 4.08. The van der Waals surface area contributed by atoms with E-state index >= 15 is 0 Å². The molecule has 0 aliphatic rings. The number of benzene rings is 3. The molecule has 0 heterocycles. The molecule has 3 rings (SSSR count). The number of esters is 1. The SMILES string of the molecule is Cc1ccc(C(=O)O[C@H](C)C(=O)Nc2ccc3ccccc3c2)cc1F. The Morgan fingerprint density at radius 2 is 1.73 bits per heavy atom. The lowest BCUT2D eigenvalue weighted by molar-refractivity contribution is -0.123. The predicted molar refractivity (Wildman–Crippen MR) is 98.6 cm³/mol. The first-order chi connectivity index (χ1) is 12.4. The van der Waals surface area contributed by atoms with Crippen LogP contribution in [0.3, 0.4) is 0 Å². The molecule has 0 spiro atoms. The van der Waals surface area contributed by atoms with Crippen molar-refractivity contribution in [1.29, 1.82) is 0 Å². The molecule has 3 aromatic carbocycles. The molecule has 132 valence electrons. The molecule has 0 unspecified atom stereocenters. The fraction of sp³-hybridized carbons (Fsp3) is 0.143. The van der Waals surface area contributed by atoms with Gasteiger partial charge in [0.25, 0.3) is 5.91 Å². The lowest BCUT2D eigenvalue weighted by Gasteiger charge is -2.14. The van der Waals surface area contributed by atoms with Crippen LogP contribution < -0.4 is 5.32 Å². The Kier molecular flexibility index (Phi) is 4.98. The molecule has 0 radical (unpaired) electrons. The lowest BCUT2D eigenvalue weighted by Crippen LogP contribution is -2.30. The molecule has 5 heteroatoms. The van der Waals surface area contributed by atoms with Crippen LogP contribution in [0, 0.1) is 12.7 Å². The summed E-state index contributed by atoms with van der Waals surface area (Å²) in [4.78, 5) is 24.4. The van der Waals surface area contributed by atoms with Crippen molar-refractivity contribution in [3.05, 3.63) is 77.6 Å². The van der Waals surface area contributed by atoms with Gasteiger partial charge in [0.15, 0.2) is 6.10 Å². The zero-order valence-corrected chi connectivity index (χ0v) is 14.5. The summed E-state index contributed by atoms with van der Waals surface area (Å²) in [6, 6.07) is 17.4. The van der Waals surface area contributed by atoms with E-state index in [-0.39, 0.29) is 5.56 Å². The van der Waals surface area contributed by atoms with Crippen molar-refractivity contribution in [2.45, 2.75) is 20.0 Å². The van der Waals surface area contributed by atoms with Crippen LogP contribution in [0.4, 0.5) is 10.1 Å². The second-order valence-corrected chi connectivity index (χ2v) is 6.06. The number of halogens is 1. The van der Waals surface area contributed by atoms with Crippen LogP contribution in [0.15, 0.2) is 60.7 Å². The number of carbonyl (C=O) groups is 2. The molecule has 3 aromatic rings. The van der Waals surface area contributed by atoms with Gasteiger partial charge in [-0.2, -0.15) is 0 Å². The highest BCUT2D eigenvalue weighted by molar-refractivity contribution is 5.98. The van der Waals surface area contributed by atoms with Crippen LogP contribution >= 0.6 is 0 Å². The molecular formula is C21H18FNO3. The Morgan fingerprint density at radius 1 is 1.00 bits per heavy atom. The standard InChI is InChI=1S/C21H18FNO3/c1-13-7-8-17(12-19(13)22)21(25)26-14(2)20(24)23-18-10-9-15-5-3-4-6-16(15)11-18/h3-12,14H,1-2H3,(H,23,24)/t14-/m1/s1. The third-order valence-electron chi connectivity index (χ3n) is 4.08. The van der Waals surface area contributed by atoms with E-state index in [1.807, 2.05) is 36.4 Å². The molecule has 26 heavy (non-hydrogen) atoms. The van der Waals surface area contributed by atoms with E-state index in [1.165, 1.54) is 19.1 Å². The molecular weight excluding hydrogens is 333 g/mol. The number of anilines is 1. The van der Waals surface area contributed by atoms with Gasteiger partial charge in [-0.3, -0.25) is 4.79 Å². The zero-order valence-electron chi connectivity index (χ0n) is 14.5. The van der Waals surface area contributed by atoms with E-state index in [1.54, 1.807) is 13.0 Å². The molecule has 0 bridgehead atoms. The number of amides is 1. The lowest BCUT2D eigenvalue weighted by atomic mass is 10.1. The van der Waals surface area contributed by atoms with Gasteiger partial charge in [0, 0.05) is 5.69 Å². The molecule has 0 saturated heterocycles. The number of carbonyl (C=O) groups excluding carboxylic acids is 2. The van der Waals surface area contributed by atoms with Crippen molar-refractivity contribution in [1.82, 2.24) is 0 Å². The summed E-state index contributed by atoms with van der Waals surface area (Å²) in [5.41, 5.74) is 1.11. The van der Waals surface area contributed by atoms with Crippen LogP contribution in [0.2, 0.25) is 0 Å². The minimum Gasteiger partial charge on any atom is -0.449 e. The first-order valence-electron chi connectivity index (χ1n) is 8.21. The molecule has 0 aromatic heterocycles. The average Bonchev–Trinajstić information content (AvgIpc) is 2.63. The maximum Gasteiger partial charge on any atom is 0.339 e. The van der Waals surface area contributed by atoms with E-state index in [0.717, 1.165) is 16.8 Å². The normalized spacial score (nSPS) is 11.8. The van der Waals surface area contributed by atoms with Crippen molar-refractivity contribution < 1.29 is 18.7 Å². The molecule has 0 aliphatic heterocycles. The molecule has 1 atom stereocenters. The van der Waals surface area contributed by atoms with Gasteiger partial charge < -0.3 is 10.1 Å². The van der Waals surface area contributed by atoms with Gasteiger partial charge in [0.05, 0.1) is 5.56 Å². The summed E-state index contributed by atoms with van der Waals surface area (Å²) >= 11 is 0. The smallest absolute Gasteiger partial charge is 0.339 e. The second-order valence-electron chi connectivity index (χ2n) is 6.06. The van der Waals surface area contributed by atoms with E-state index in [4.69, 9.17) is 4.74 Å². The first kappa shape index (κ1) is 17.6. The van der Waals surface area contributed by atoms with Crippen LogP contribution in [0.5, 0.6) is 0 Å². The monoisotopic (exact) mass is 351 g/mol. The largest absolute Gasteiger partial charge is 0.449 e. The number of hydrogen-bond acceptors (Lipinski definition) is 3. The van der Waals surface area contributed by atoms with Crippen molar-refractivity contribution in [3.63, 3.8) is 0 Å². The van der Waals surface area contributed by atoms with Crippen molar-refractivity contribution in [2.24, 2.45) is 0 Å². The van der Waals surface area contributed by atoms with Gasteiger partial charge in [-0.25, -0.2) is 9.18 Å². The molecule has 0 saturated carbocycles. The van der Waals surface area contributed by atoms with Crippen LogP contribution in [-0.2, 0) is 9.53 Å². The molecule has 0 aliphatic carbocycles. The van der Waals surface area contributed by atoms with E-state index in [9.17, 15) is 14.0 Å². The topological polar surface area (TPSA) is 55.4 Å². The van der Waals surface area contributed by atoms with Gasteiger partial charge in [-0.05, 0) is 54.4 Å². The Labute approximate surface area is 150 Å². The minimum atomic E-state index is -1.02. The van der Waals surface area contributed by atoms with Crippen LogP contribution in [0.1, 0.15) is 22.8 Å². The summed E-state index contributed by atoms with van der Waals surface area (Å²) in [6.07, 6.45) is -1.02. The molecule has 1 amide bonds. The van der Waals surface area contributed by atoms with E-state index in [0.29, 0.717) is 11.3 Å². The number of aryl methyl sites for hydroxylation is 1. The van der Waals surface area contributed by atoms with E-state index in [2.05, 4.69) is 5.32 Å². The van der Waals surface area contributed by atoms with Crippen molar-refractivity contribution >= 4 is 28.3 Å². The Hall–Kier alpha value is -3.21. The average molecular weight is 351 g/mol. The van der Waals surface area contributed by atoms with Crippen LogP contribution in [-0.4, -0.2) is 18.0 Å². The first-order valence-corrected chi connectivity index (χ1v) is 8.21. The minimum absolute atomic E-state index is 0.0680. The van der Waals surface area contributed by atoms with Gasteiger partial charge in [0.1, 0.15) is 5.82 Å². The van der Waals surface area contributed by atoms with Crippen LogP contribution in [0.25, 0.3) is 10.8 Å². The third kappa shape index (κ3) is 3.88. The van der Waals surface area contributed by atoms with Crippen molar-refractivity contribution in [3.8, 4) is 0 Å². The maximum atomic E-state index is 13.6. The number of nitrogens with one attached hydrogen (secondary N) is 1. The fourth-order valence-electron chi connectivity index (χ4n) is 2.51. The molecule has 0 fully saturated rings. The highest BCUT2D eigenvalue weighted by Crippen LogP contribution is 2.19. The highest BCUT2D eigenvalue weighted by atomic mass is 19.1. The fourth-order valence-corrected chi connectivity index (χ4v) is 2.51. The van der Waals surface area contributed by atoms with Gasteiger partial charge in [-0.1, -0.05) is 36.4 Å². The summed E-state index contributed by atoms with van der Waals surface area (Å²) in [5, 5.41) is 4.77. The summed E-state index contributed by atoms with van der Waals surface area (Å²) in [7, 11) is 0. The number of fused-ring (bicyclic) bond motifs is 1. The molecule has 1 N–H and O–H groups in total. The van der Waals surface area contributed by atoms with Gasteiger partial charge in [0.2, 0.25) is 0 Å². The quantitative estimate of drug-likeness (QED) is 0.706. The maximum absolute atomic E-state index is 13.6. The summed E-state index contributed by atoms with van der Waals surface area (Å²) < 4.78 is 18.7. The van der Waals surface area contributed by atoms with Crippen molar-refractivity contribution in [2.75, 3.05) is 5.32 Å². The highest BCUT2D eigenvalue weighted by Gasteiger charge is 2.19. The zero-order chi connectivity index (χ0) is 18.7. The summed E-state index contributed by atoms with van der Waals surface area (Å²) in [5.74, 6) is -1.70. The van der Waals surface area contributed by atoms with Gasteiger partial charge >= 0.3 is 5.97 Å². The van der Waals surface area contributed by atoms with Gasteiger partial charge in [-0.15, -0.1) is 0 Å². The molecule has 4 nitrogen and oxygen atoms in total. The Balaban J connectivity index is 1.66. The Bertz CT molecular complexity index is 984. The predicted octanol–water partition coefficient (Wildman–Crippen LogP) is 4.47. The second kappa shape index (κ2) is 7.35. The summed E-state index contributed by atoms with van der Waals surface area (Å²) in [6.45, 7) is 3.07. The van der Waals surface area contributed by atoms with E-state index < -0.39 is 23.8 Å². The Morgan fingerprint density at radius 3 is 2.46 bits per heavy atom. The number of hydrogen-bond donors (Lipinski definition) is 1. The number of rotatable bonds is 4. The number of ether oxygens (including phenoxy) is 1.